The van der Waals surface area contributed by atoms with Gasteiger partial charge in [0, 0.05) is 31.7 Å². The average molecular weight is 538 g/mol. The molecule has 0 spiro atoms. The molecule has 0 unspecified atom stereocenters. The van der Waals surface area contributed by atoms with Gasteiger partial charge in [0.1, 0.15) is 28.8 Å². The molecule has 7 nitrogen and oxygen atoms in total. The van der Waals surface area contributed by atoms with Crippen molar-refractivity contribution in [3.05, 3.63) is 77.0 Å². The Balaban J connectivity index is 1.40. The minimum absolute atomic E-state index is 0.0590. The lowest BCUT2D eigenvalue weighted by Gasteiger charge is -2.32. The molecule has 1 aliphatic carbocycles. The fraction of sp³-hybridized carbons (Fsp3) is 0.379. The summed E-state index contributed by atoms with van der Waals surface area (Å²) in [5, 5.41) is 2.78. The number of rotatable bonds is 6. The van der Waals surface area contributed by atoms with Gasteiger partial charge in [-0.2, -0.15) is 0 Å². The number of anilines is 1. The zero-order valence-corrected chi connectivity index (χ0v) is 21.6. The predicted molar refractivity (Wildman–Crippen MR) is 140 cm³/mol. The number of amides is 2. The molecule has 2 fully saturated rings. The monoisotopic (exact) mass is 537 g/mol. The topological polar surface area (TPSA) is 101 Å². The first-order chi connectivity index (χ1) is 18.7. The lowest BCUT2D eigenvalue weighted by atomic mass is 9.76. The Labute approximate surface area is 224 Å². The van der Waals surface area contributed by atoms with Gasteiger partial charge >= 0.3 is 0 Å². The molecule has 2 aromatic heterocycles. The zero-order valence-electron chi connectivity index (χ0n) is 21.6. The molecule has 39 heavy (non-hydrogen) atoms. The molecule has 2 aliphatic rings. The van der Waals surface area contributed by atoms with Crippen LogP contribution in [0, 0.1) is 23.4 Å². The molecule has 204 valence electrons. The van der Waals surface area contributed by atoms with E-state index in [9.17, 15) is 14.0 Å². The Hall–Kier alpha value is -3.79. The number of carbonyl (C=O) groups excluding carboxylic acids is 2. The predicted octanol–water partition coefficient (Wildman–Crippen LogP) is 5.17. The average Bonchev–Trinajstić information content (AvgIpc) is 3.28. The van der Waals surface area contributed by atoms with E-state index in [1.54, 1.807) is 6.20 Å². The van der Waals surface area contributed by atoms with E-state index in [2.05, 4.69) is 22.2 Å². The highest BCUT2D eigenvalue weighted by molar-refractivity contribution is 6.03. The molecular weight excluding hydrogens is 507 g/mol. The maximum absolute atomic E-state index is 15.1. The number of likely N-dealkylation sites (tertiary alicyclic amines) is 1. The number of hydrogen-bond acceptors (Lipinski definition) is 5. The smallest absolute Gasteiger partial charge is 0.274 e. The van der Waals surface area contributed by atoms with Crippen molar-refractivity contribution in [3.8, 4) is 11.3 Å². The fourth-order valence-corrected chi connectivity index (χ4v) is 5.74. The Morgan fingerprint density at radius 2 is 1.87 bits per heavy atom. The van der Waals surface area contributed by atoms with Crippen LogP contribution in [0.15, 0.2) is 42.7 Å². The van der Waals surface area contributed by atoms with Crippen LogP contribution < -0.4 is 11.1 Å². The van der Waals surface area contributed by atoms with Crippen molar-refractivity contribution in [1.82, 2.24) is 14.9 Å². The van der Waals surface area contributed by atoms with Crippen molar-refractivity contribution in [2.75, 3.05) is 11.9 Å². The van der Waals surface area contributed by atoms with Gasteiger partial charge in [0.25, 0.3) is 5.91 Å². The summed E-state index contributed by atoms with van der Waals surface area (Å²) >= 11 is 0. The normalized spacial score (nSPS) is 21.3. The summed E-state index contributed by atoms with van der Waals surface area (Å²) in [4.78, 5) is 34.7. The van der Waals surface area contributed by atoms with Crippen molar-refractivity contribution in [2.45, 2.75) is 57.5 Å². The van der Waals surface area contributed by atoms with Gasteiger partial charge in [-0.15, -0.1) is 0 Å². The molecule has 2 amide bonds. The summed E-state index contributed by atoms with van der Waals surface area (Å²) in [5.74, 6) is -3.21. The Morgan fingerprint density at radius 3 is 2.56 bits per heavy atom. The van der Waals surface area contributed by atoms with Gasteiger partial charge in [-0.1, -0.05) is 6.92 Å². The van der Waals surface area contributed by atoms with E-state index < -0.39 is 34.6 Å². The Morgan fingerprint density at radius 1 is 1.10 bits per heavy atom. The molecule has 0 bridgehead atoms. The number of aromatic nitrogens is 2. The first-order valence-electron chi connectivity index (χ1n) is 13.1. The number of hydrogen-bond donors (Lipinski definition) is 2. The number of pyridine rings is 2. The highest BCUT2D eigenvalue weighted by Crippen LogP contribution is 2.38. The summed E-state index contributed by atoms with van der Waals surface area (Å²) in [6.45, 7) is 2.72. The molecular formula is C29H30F3N5O2. The molecule has 3 N–H and O–H groups in total. The molecule has 1 saturated carbocycles. The molecule has 3 heterocycles. The molecule has 3 atom stereocenters. The van der Waals surface area contributed by atoms with Crippen molar-refractivity contribution in [2.24, 2.45) is 11.7 Å². The fourth-order valence-electron chi connectivity index (χ4n) is 5.74. The second-order valence-corrected chi connectivity index (χ2v) is 10.6. The van der Waals surface area contributed by atoms with Crippen molar-refractivity contribution in [1.29, 1.82) is 0 Å². The van der Waals surface area contributed by atoms with Gasteiger partial charge in [-0.3, -0.25) is 14.6 Å². The van der Waals surface area contributed by atoms with Gasteiger partial charge < -0.3 is 16.0 Å². The van der Waals surface area contributed by atoms with E-state index in [1.165, 1.54) is 11.1 Å². The molecule has 1 saturated heterocycles. The lowest BCUT2D eigenvalue weighted by molar-refractivity contribution is -0.128. The Kier molecular flexibility index (Phi) is 7.65. The van der Waals surface area contributed by atoms with Crippen LogP contribution in [-0.4, -0.2) is 39.3 Å². The van der Waals surface area contributed by atoms with Gasteiger partial charge in [0.05, 0.1) is 17.4 Å². The highest BCUT2D eigenvalue weighted by Gasteiger charge is 2.28. The van der Waals surface area contributed by atoms with Gasteiger partial charge in [0.2, 0.25) is 5.91 Å². The summed E-state index contributed by atoms with van der Waals surface area (Å²) in [7, 11) is 0. The van der Waals surface area contributed by atoms with Crippen LogP contribution in [0.2, 0.25) is 0 Å². The molecule has 10 heteroatoms. The zero-order chi connectivity index (χ0) is 27.7. The summed E-state index contributed by atoms with van der Waals surface area (Å²) in [5.41, 5.74) is 6.37. The van der Waals surface area contributed by atoms with Gasteiger partial charge in [-0.05, 0) is 79.0 Å². The van der Waals surface area contributed by atoms with Crippen LogP contribution in [0.4, 0.5) is 18.9 Å². The minimum atomic E-state index is -1.03. The third-order valence-corrected chi connectivity index (χ3v) is 7.48. The summed E-state index contributed by atoms with van der Waals surface area (Å²) in [6.07, 6.45) is 6.91. The van der Waals surface area contributed by atoms with Gasteiger partial charge in [0.15, 0.2) is 0 Å². The second-order valence-electron chi connectivity index (χ2n) is 10.6. The standard InChI is InChI=1S/C29H30F3N5O2/c1-16-9-18(13-19(33)10-16)20-6-7-34-14-25(20)36-29(39)24-5-4-21(30)28(35-24)27-22(31)11-17(12-23(27)32)15-37-8-2-3-26(37)38/h4-7,11-12,14,16,18-19H,2-3,8-10,13,15,33H2,1H3,(H,36,39)/t16-,18+,19+/m0/s1. The van der Waals surface area contributed by atoms with Crippen LogP contribution >= 0.6 is 0 Å². The second kappa shape index (κ2) is 11.1. The third-order valence-electron chi connectivity index (χ3n) is 7.48. The third kappa shape index (κ3) is 5.80. The lowest BCUT2D eigenvalue weighted by Crippen LogP contribution is -2.31. The SMILES string of the molecule is C[C@@H]1C[C@@H](N)C[C@H](c2ccncc2NC(=O)c2ccc(F)c(-c3c(F)cc(CN4CCCC4=O)cc3F)n2)C1. The number of nitrogens with zero attached hydrogens (tertiary/aromatic N) is 3. The number of nitrogens with one attached hydrogen (secondary N) is 1. The molecule has 3 aromatic rings. The molecule has 0 radical (unpaired) electrons. The van der Waals surface area contributed by atoms with E-state index in [-0.39, 0.29) is 35.7 Å². The van der Waals surface area contributed by atoms with E-state index in [4.69, 9.17) is 5.73 Å². The number of nitrogens with two attached hydrogens (primary N) is 1. The van der Waals surface area contributed by atoms with Crippen LogP contribution in [0.1, 0.15) is 66.6 Å². The maximum atomic E-state index is 15.1. The minimum Gasteiger partial charge on any atom is -0.338 e. The Bertz CT molecular complexity index is 1380. The first kappa shape index (κ1) is 26.8. The molecule has 5 rings (SSSR count). The van der Waals surface area contributed by atoms with Crippen molar-refractivity contribution < 1.29 is 22.8 Å². The first-order valence-corrected chi connectivity index (χ1v) is 13.1. The van der Waals surface area contributed by atoms with Crippen LogP contribution in [0.3, 0.4) is 0 Å². The summed E-state index contributed by atoms with van der Waals surface area (Å²) < 4.78 is 44.9. The van der Waals surface area contributed by atoms with E-state index in [0.717, 1.165) is 49.1 Å². The molecule has 1 aliphatic heterocycles. The van der Waals surface area contributed by atoms with E-state index in [0.29, 0.717) is 31.0 Å². The summed E-state index contributed by atoms with van der Waals surface area (Å²) in [6, 6.07) is 6.15. The van der Waals surface area contributed by atoms with Gasteiger partial charge in [-0.25, -0.2) is 18.2 Å². The number of benzene rings is 1. The number of halogens is 3. The highest BCUT2D eigenvalue weighted by atomic mass is 19.1. The van der Waals surface area contributed by atoms with Crippen LogP contribution in [0.5, 0.6) is 0 Å². The number of carbonyl (C=O) groups is 2. The van der Waals surface area contributed by atoms with Crippen molar-refractivity contribution in [3.63, 3.8) is 0 Å². The van der Waals surface area contributed by atoms with E-state index in [1.807, 2.05) is 6.07 Å². The quantitative estimate of drug-likeness (QED) is 0.452. The molecule has 1 aromatic carbocycles. The maximum Gasteiger partial charge on any atom is 0.274 e. The van der Waals surface area contributed by atoms with Crippen LogP contribution in [0.25, 0.3) is 11.3 Å². The van der Waals surface area contributed by atoms with Crippen molar-refractivity contribution >= 4 is 17.5 Å². The van der Waals surface area contributed by atoms with Crippen LogP contribution in [-0.2, 0) is 11.3 Å². The largest absolute Gasteiger partial charge is 0.338 e. The van der Waals surface area contributed by atoms with E-state index >= 15 is 8.78 Å².